The largest absolute Gasteiger partial charge is 0.461 e. The molecule has 0 amide bonds. The smallest absolute Gasteiger partial charge is 0.428 e. The number of ether oxygens (including phenoxy) is 1. The van der Waals surface area contributed by atoms with Crippen LogP contribution in [0.5, 0.6) is 5.75 Å². The third-order valence-corrected chi connectivity index (χ3v) is 1.73. The number of halogens is 4. The van der Waals surface area contributed by atoms with Gasteiger partial charge in [0, 0.05) is 5.69 Å². The van der Waals surface area contributed by atoms with Crippen LogP contribution in [-0.2, 0) is 0 Å². The van der Waals surface area contributed by atoms with Crippen LogP contribution in [0.3, 0.4) is 0 Å². The van der Waals surface area contributed by atoms with Gasteiger partial charge in [-0.1, -0.05) is 0 Å². The summed E-state index contributed by atoms with van der Waals surface area (Å²) in [5.74, 6) is -0.385. The lowest BCUT2D eigenvalue weighted by Crippen LogP contribution is -2.33. The summed E-state index contributed by atoms with van der Waals surface area (Å²) < 4.78 is 52.5. The van der Waals surface area contributed by atoms with E-state index in [1.54, 1.807) is 0 Å². The Labute approximate surface area is 99.6 Å². The highest BCUT2D eigenvalue weighted by molar-refractivity contribution is 7.80. The van der Waals surface area contributed by atoms with Crippen LogP contribution >= 0.6 is 12.2 Å². The van der Waals surface area contributed by atoms with Crippen molar-refractivity contribution < 1.29 is 22.3 Å². The molecule has 0 aliphatic carbocycles. The molecule has 0 aliphatic rings. The van der Waals surface area contributed by atoms with E-state index < -0.39 is 12.5 Å². The minimum absolute atomic E-state index is 0.00317. The van der Waals surface area contributed by atoms with E-state index in [2.05, 4.69) is 22.3 Å². The van der Waals surface area contributed by atoms with Gasteiger partial charge in [-0.3, -0.25) is 0 Å². The molecule has 8 heteroatoms. The fraction of sp³-hybridized carbons (Fsp3) is 0.222. The van der Waals surface area contributed by atoms with Gasteiger partial charge in [0.15, 0.2) is 5.11 Å². The van der Waals surface area contributed by atoms with Crippen LogP contribution in [-0.4, -0.2) is 17.6 Å². The van der Waals surface area contributed by atoms with E-state index in [1.807, 2.05) is 0 Å². The fourth-order valence-electron chi connectivity index (χ4n) is 0.950. The number of alkyl halides is 4. The molecule has 0 spiro atoms. The van der Waals surface area contributed by atoms with E-state index in [4.69, 9.17) is 5.73 Å². The zero-order valence-electron chi connectivity index (χ0n) is 8.29. The minimum atomic E-state index is -4.52. The quantitative estimate of drug-likeness (QED) is 0.651. The molecule has 17 heavy (non-hydrogen) atoms. The van der Waals surface area contributed by atoms with Crippen molar-refractivity contribution in [3.05, 3.63) is 24.3 Å². The minimum Gasteiger partial charge on any atom is -0.428 e. The molecular formula is C9H8F4N2OS. The third kappa shape index (κ3) is 4.06. The van der Waals surface area contributed by atoms with Gasteiger partial charge in [0.1, 0.15) is 5.75 Å². The first-order valence-electron chi connectivity index (χ1n) is 4.33. The topological polar surface area (TPSA) is 47.3 Å². The van der Waals surface area contributed by atoms with E-state index in [0.717, 1.165) is 12.1 Å². The van der Waals surface area contributed by atoms with Crippen molar-refractivity contribution in [2.75, 3.05) is 5.32 Å². The molecule has 3 N–H and O–H groups in total. The summed E-state index contributed by atoms with van der Waals surface area (Å²) in [7, 11) is 0. The molecule has 0 aromatic heterocycles. The number of hydrogen-bond donors (Lipinski definition) is 2. The zero-order chi connectivity index (χ0) is 13.1. The van der Waals surface area contributed by atoms with Crippen LogP contribution in [0.15, 0.2) is 24.3 Å². The number of thiocarbonyl (C=S) groups is 1. The Hall–Kier alpha value is -1.57. The molecule has 1 aromatic carbocycles. The van der Waals surface area contributed by atoms with Crippen molar-refractivity contribution >= 4 is 23.0 Å². The summed E-state index contributed by atoms with van der Waals surface area (Å²) in [5, 5.41) is 2.53. The third-order valence-electron chi connectivity index (χ3n) is 1.63. The summed E-state index contributed by atoms with van der Waals surface area (Å²) in [6.07, 6.45) is -8.41. The number of hydrogen-bond acceptors (Lipinski definition) is 2. The first-order chi connectivity index (χ1) is 7.81. The van der Waals surface area contributed by atoms with E-state index in [0.29, 0.717) is 5.69 Å². The van der Waals surface area contributed by atoms with Gasteiger partial charge in [-0.2, -0.15) is 17.6 Å². The second kappa shape index (κ2) is 5.17. The second-order valence-electron chi connectivity index (χ2n) is 2.98. The van der Waals surface area contributed by atoms with Gasteiger partial charge in [0.2, 0.25) is 0 Å². The highest BCUT2D eigenvalue weighted by Crippen LogP contribution is 2.28. The number of benzene rings is 1. The van der Waals surface area contributed by atoms with Crippen LogP contribution in [0.4, 0.5) is 23.2 Å². The number of nitrogens with one attached hydrogen (secondary N) is 1. The molecule has 0 unspecified atom stereocenters. The maximum atomic E-state index is 12.5. The predicted octanol–water partition coefficient (Wildman–Crippen LogP) is 2.58. The van der Waals surface area contributed by atoms with Gasteiger partial charge in [-0.25, -0.2) is 0 Å². The Bertz CT molecular complexity index is 396. The molecule has 0 bridgehead atoms. The molecule has 0 heterocycles. The van der Waals surface area contributed by atoms with Gasteiger partial charge in [0.25, 0.3) is 0 Å². The predicted molar refractivity (Wildman–Crippen MR) is 58.4 cm³/mol. The van der Waals surface area contributed by atoms with Crippen LogP contribution < -0.4 is 15.8 Å². The molecule has 0 saturated heterocycles. The molecule has 0 saturated carbocycles. The second-order valence-corrected chi connectivity index (χ2v) is 3.42. The molecule has 94 valence electrons. The number of nitrogens with two attached hydrogens (primary N) is 1. The fourth-order valence-corrected chi connectivity index (χ4v) is 1.07. The SMILES string of the molecule is NC(=S)Nc1ccc(OC(F)(F)C(F)F)cc1. The average molecular weight is 268 g/mol. The molecule has 0 aliphatic heterocycles. The summed E-state index contributed by atoms with van der Waals surface area (Å²) in [6, 6.07) is 4.82. The molecule has 0 fully saturated rings. The van der Waals surface area contributed by atoms with Crippen molar-refractivity contribution in [3.8, 4) is 5.75 Å². The highest BCUT2D eigenvalue weighted by atomic mass is 32.1. The molecule has 1 aromatic rings. The Morgan fingerprint density at radius 3 is 2.24 bits per heavy atom. The monoisotopic (exact) mass is 268 g/mol. The normalized spacial score (nSPS) is 11.4. The van der Waals surface area contributed by atoms with E-state index in [9.17, 15) is 17.6 Å². The van der Waals surface area contributed by atoms with Crippen molar-refractivity contribution in [2.24, 2.45) is 5.73 Å². The maximum Gasteiger partial charge on any atom is 0.461 e. The maximum absolute atomic E-state index is 12.5. The lowest BCUT2D eigenvalue weighted by Gasteiger charge is -2.16. The van der Waals surface area contributed by atoms with Crippen molar-refractivity contribution in [3.63, 3.8) is 0 Å². The summed E-state index contributed by atoms with van der Waals surface area (Å²) >= 11 is 4.55. The Kier molecular flexibility index (Phi) is 4.11. The molecular weight excluding hydrogens is 260 g/mol. The molecule has 0 atom stereocenters. The summed E-state index contributed by atoms with van der Waals surface area (Å²) in [6.45, 7) is 0. The molecule has 3 nitrogen and oxygen atoms in total. The van der Waals surface area contributed by atoms with Crippen molar-refractivity contribution in [1.82, 2.24) is 0 Å². The van der Waals surface area contributed by atoms with Gasteiger partial charge in [0.05, 0.1) is 0 Å². The highest BCUT2D eigenvalue weighted by Gasteiger charge is 2.43. The Morgan fingerprint density at radius 1 is 1.29 bits per heavy atom. The van der Waals surface area contributed by atoms with Crippen LogP contribution in [0.2, 0.25) is 0 Å². The van der Waals surface area contributed by atoms with Gasteiger partial charge >= 0.3 is 12.5 Å². The molecule has 0 radical (unpaired) electrons. The van der Waals surface area contributed by atoms with Crippen molar-refractivity contribution in [2.45, 2.75) is 12.5 Å². The summed E-state index contributed by atoms with van der Waals surface area (Å²) in [4.78, 5) is 0. The van der Waals surface area contributed by atoms with E-state index >= 15 is 0 Å². The lowest BCUT2D eigenvalue weighted by atomic mass is 10.3. The Balaban J connectivity index is 2.72. The van der Waals surface area contributed by atoms with Crippen LogP contribution in [0.25, 0.3) is 0 Å². The van der Waals surface area contributed by atoms with Crippen molar-refractivity contribution in [1.29, 1.82) is 0 Å². The van der Waals surface area contributed by atoms with Gasteiger partial charge < -0.3 is 15.8 Å². The average Bonchev–Trinajstić information content (AvgIpc) is 2.19. The van der Waals surface area contributed by atoms with Gasteiger partial charge in [-0.15, -0.1) is 0 Å². The summed E-state index contributed by atoms with van der Waals surface area (Å²) in [5.41, 5.74) is 5.61. The van der Waals surface area contributed by atoms with E-state index in [-0.39, 0.29) is 10.9 Å². The van der Waals surface area contributed by atoms with E-state index in [1.165, 1.54) is 12.1 Å². The zero-order valence-corrected chi connectivity index (χ0v) is 9.11. The Morgan fingerprint density at radius 2 is 1.82 bits per heavy atom. The van der Waals surface area contributed by atoms with Crippen LogP contribution in [0, 0.1) is 0 Å². The lowest BCUT2D eigenvalue weighted by molar-refractivity contribution is -0.253. The standard InChI is InChI=1S/C9H8F4N2OS/c10-7(11)9(12,13)16-6-3-1-5(2-4-6)15-8(14)17/h1-4,7H,(H3,14,15,17). The van der Waals surface area contributed by atoms with Crippen LogP contribution in [0.1, 0.15) is 0 Å². The first kappa shape index (κ1) is 13.5. The number of anilines is 1. The number of rotatable bonds is 4. The van der Waals surface area contributed by atoms with Gasteiger partial charge in [-0.05, 0) is 36.5 Å². The molecule has 1 rings (SSSR count). The first-order valence-corrected chi connectivity index (χ1v) is 4.73.